The molecule has 0 aromatic rings. The number of hydrogen-bond acceptors (Lipinski definition) is 4. The molecular formula is C20H34BrNO3. The third kappa shape index (κ3) is 5.00. The van der Waals surface area contributed by atoms with E-state index in [0.29, 0.717) is 22.2 Å². The smallest absolute Gasteiger partial charge is 0.349 e. The molecular weight excluding hydrogens is 382 g/mol. The van der Waals surface area contributed by atoms with Crippen molar-refractivity contribution in [3.8, 4) is 0 Å². The maximum Gasteiger partial charge on any atom is 0.349 e. The van der Waals surface area contributed by atoms with Gasteiger partial charge < -0.3 is 14.4 Å². The van der Waals surface area contributed by atoms with Crippen molar-refractivity contribution in [2.45, 2.75) is 79.1 Å². The second-order valence-corrected chi connectivity index (χ2v) is 8.72. The van der Waals surface area contributed by atoms with E-state index in [-0.39, 0.29) is 12.1 Å². The third-order valence-electron chi connectivity index (χ3n) is 5.43. The molecule has 0 amide bonds. The lowest BCUT2D eigenvalue weighted by Crippen LogP contribution is -2.40. The van der Waals surface area contributed by atoms with E-state index in [1.807, 2.05) is 0 Å². The average Bonchev–Trinajstić information content (AvgIpc) is 2.81. The summed E-state index contributed by atoms with van der Waals surface area (Å²) in [7, 11) is 0. The SMILES string of the molecule is CCCN(CCC)C1=C(Br)C(=O)O[C@@H]1OC1CC(C)CCC1C(C)C. The van der Waals surface area contributed by atoms with Gasteiger partial charge in [0.2, 0.25) is 6.29 Å². The van der Waals surface area contributed by atoms with Gasteiger partial charge in [-0.15, -0.1) is 0 Å². The van der Waals surface area contributed by atoms with E-state index in [4.69, 9.17) is 9.47 Å². The summed E-state index contributed by atoms with van der Waals surface area (Å²) in [5.41, 5.74) is 0.884. The minimum absolute atomic E-state index is 0.153. The Bertz CT molecular complexity index is 485. The first-order chi connectivity index (χ1) is 11.9. The Morgan fingerprint density at radius 2 is 1.88 bits per heavy atom. The van der Waals surface area contributed by atoms with Gasteiger partial charge in [-0.05, 0) is 59.4 Å². The van der Waals surface area contributed by atoms with Crippen LogP contribution in [-0.4, -0.2) is 36.4 Å². The Hall–Kier alpha value is -0.550. The summed E-state index contributed by atoms with van der Waals surface area (Å²) >= 11 is 3.46. The molecule has 0 saturated heterocycles. The Morgan fingerprint density at radius 1 is 1.24 bits per heavy atom. The molecule has 2 rings (SSSR count). The lowest BCUT2D eigenvalue weighted by molar-refractivity contribution is -0.184. The molecule has 0 aromatic carbocycles. The molecule has 1 fully saturated rings. The van der Waals surface area contributed by atoms with Crippen molar-refractivity contribution in [3.05, 3.63) is 10.2 Å². The van der Waals surface area contributed by atoms with Crippen LogP contribution < -0.4 is 0 Å². The summed E-state index contributed by atoms with van der Waals surface area (Å²) < 4.78 is 12.6. The number of rotatable bonds is 8. The highest BCUT2D eigenvalue weighted by molar-refractivity contribution is 9.12. The molecule has 0 spiro atoms. The number of hydrogen-bond donors (Lipinski definition) is 0. The number of carbonyl (C=O) groups is 1. The molecule has 2 aliphatic rings. The second kappa shape index (κ2) is 9.40. The van der Waals surface area contributed by atoms with Crippen molar-refractivity contribution in [1.82, 2.24) is 4.90 Å². The predicted molar refractivity (Wildman–Crippen MR) is 104 cm³/mol. The molecule has 0 bridgehead atoms. The maximum absolute atomic E-state index is 12.2. The van der Waals surface area contributed by atoms with Gasteiger partial charge in [-0.2, -0.15) is 0 Å². The Morgan fingerprint density at radius 3 is 2.44 bits per heavy atom. The van der Waals surface area contributed by atoms with E-state index < -0.39 is 6.29 Å². The van der Waals surface area contributed by atoms with Gasteiger partial charge in [0.25, 0.3) is 0 Å². The van der Waals surface area contributed by atoms with E-state index in [2.05, 4.69) is 55.4 Å². The zero-order valence-electron chi connectivity index (χ0n) is 16.4. The zero-order valence-corrected chi connectivity index (χ0v) is 18.0. The summed E-state index contributed by atoms with van der Waals surface area (Å²) in [6.07, 6.45) is 5.13. The van der Waals surface area contributed by atoms with Crippen molar-refractivity contribution >= 4 is 21.9 Å². The van der Waals surface area contributed by atoms with Gasteiger partial charge in [0.1, 0.15) is 10.2 Å². The van der Waals surface area contributed by atoms with Gasteiger partial charge in [0, 0.05) is 13.1 Å². The van der Waals surface area contributed by atoms with Crippen LogP contribution in [0.4, 0.5) is 0 Å². The van der Waals surface area contributed by atoms with E-state index in [1.54, 1.807) is 0 Å². The average molecular weight is 416 g/mol. The molecule has 0 aromatic heterocycles. The van der Waals surface area contributed by atoms with Gasteiger partial charge in [-0.3, -0.25) is 0 Å². The van der Waals surface area contributed by atoms with E-state index in [1.165, 1.54) is 12.8 Å². The molecule has 1 saturated carbocycles. The van der Waals surface area contributed by atoms with Gasteiger partial charge >= 0.3 is 5.97 Å². The second-order valence-electron chi connectivity index (χ2n) is 7.92. The molecule has 3 unspecified atom stereocenters. The van der Waals surface area contributed by atoms with Crippen LogP contribution >= 0.6 is 15.9 Å². The highest BCUT2D eigenvalue weighted by Gasteiger charge is 2.41. The van der Waals surface area contributed by atoms with Crippen LogP contribution in [0.25, 0.3) is 0 Å². The normalized spacial score (nSPS) is 30.1. The Kier molecular flexibility index (Phi) is 7.81. The van der Waals surface area contributed by atoms with Crippen LogP contribution in [0.3, 0.4) is 0 Å². The van der Waals surface area contributed by atoms with Gasteiger partial charge in [0.15, 0.2) is 0 Å². The van der Waals surface area contributed by atoms with Gasteiger partial charge in [-0.1, -0.05) is 41.0 Å². The highest BCUT2D eigenvalue weighted by atomic mass is 79.9. The number of cyclic esters (lactones) is 1. The van der Waals surface area contributed by atoms with Gasteiger partial charge in [0.05, 0.1) is 6.10 Å². The molecule has 25 heavy (non-hydrogen) atoms. The molecule has 1 aliphatic carbocycles. The van der Waals surface area contributed by atoms with E-state index in [9.17, 15) is 4.79 Å². The third-order valence-corrected chi connectivity index (χ3v) is 6.16. The van der Waals surface area contributed by atoms with Crippen LogP contribution in [0.5, 0.6) is 0 Å². The molecule has 1 heterocycles. The number of halogens is 1. The molecule has 4 atom stereocenters. The van der Waals surface area contributed by atoms with Crippen molar-refractivity contribution in [2.24, 2.45) is 17.8 Å². The van der Waals surface area contributed by atoms with Crippen LogP contribution in [0.15, 0.2) is 10.2 Å². The van der Waals surface area contributed by atoms with Crippen LogP contribution in [0.2, 0.25) is 0 Å². The molecule has 144 valence electrons. The summed E-state index contributed by atoms with van der Waals surface area (Å²) in [5.74, 6) is 1.46. The first kappa shape index (κ1) is 20.8. The molecule has 0 N–H and O–H groups in total. The van der Waals surface area contributed by atoms with Crippen molar-refractivity contribution in [1.29, 1.82) is 0 Å². The Balaban J connectivity index is 2.19. The summed E-state index contributed by atoms with van der Waals surface area (Å²) in [6.45, 7) is 13.0. The largest absolute Gasteiger partial charge is 0.426 e. The lowest BCUT2D eigenvalue weighted by atomic mass is 9.75. The van der Waals surface area contributed by atoms with Crippen LogP contribution in [0.1, 0.15) is 66.7 Å². The number of ether oxygens (including phenoxy) is 2. The molecule has 1 aliphatic heterocycles. The Labute approximate surface area is 161 Å². The fourth-order valence-electron chi connectivity index (χ4n) is 4.12. The van der Waals surface area contributed by atoms with Crippen molar-refractivity contribution in [3.63, 3.8) is 0 Å². The number of carbonyl (C=O) groups excluding carboxylic acids is 1. The molecule has 4 nitrogen and oxygen atoms in total. The zero-order chi connectivity index (χ0) is 18.6. The van der Waals surface area contributed by atoms with Crippen LogP contribution in [-0.2, 0) is 14.3 Å². The maximum atomic E-state index is 12.2. The summed E-state index contributed by atoms with van der Waals surface area (Å²) in [5, 5.41) is 0. The topological polar surface area (TPSA) is 38.8 Å². The number of nitrogens with zero attached hydrogens (tertiary/aromatic N) is 1. The predicted octanol–water partition coefficient (Wildman–Crippen LogP) is 5.08. The fourth-order valence-corrected chi connectivity index (χ4v) is 4.65. The van der Waals surface area contributed by atoms with Crippen LogP contribution in [0, 0.1) is 17.8 Å². The lowest BCUT2D eigenvalue weighted by Gasteiger charge is -2.39. The first-order valence-corrected chi connectivity index (χ1v) is 10.7. The first-order valence-electron chi connectivity index (χ1n) is 9.89. The van der Waals surface area contributed by atoms with Crippen molar-refractivity contribution < 1.29 is 14.3 Å². The summed E-state index contributed by atoms with van der Waals surface area (Å²) in [4.78, 5) is 14.4. The molecule has 5 heteroatoms. The number of esters is 1. The molecule has 0 radical (unpaired) electrons. The van der Waals surface area contributed by atoms with E-state index >= 15 is 0 Å². The summed E-state index contributed by atoms with van der Waals surface area (Å²) in [6, 6.07) is 0. The standard InChI is InChI=1S/C20H34BrNO3/c1-6-10-22(11-7-2)18-17(21)19(23)25-20(18)24-16-12-14(5)8-9-15(16)13(3)4/h13-16,20H,6-12H2,1-5H3/t14?,15?,16?,20-/m0/s1. The van der Waals surface area contributed by atoms with Gasteiger partial charge in [-0.25, -0.2) is 4.79 Å². The monoisotopic (exact) mass is 415 g/mol. The highest BCUT2D eigenvalue weighted by Crippen LogP contribution is 2.39. The minimum Gasteiger partial charge on any atom is -0.426 e. The quantitative estimate of drug-likeness (QED) is 0.518. The van der Waals surface area contributed by atoms with Crippen molar-refractivity contribution in [2.75, 3.05) is 13.1 Å². The van der Waals surface area contributed by atoms with E-state index in [0.717, 1.165) is 38.0 Å². The minimum atomic E-state index is -0.573. The fraction of sp³-hybridized carbons (Fsp3) is 0.850.